The number of nitrogens with zero attached hydrogens (tertiary/aromatic N) is 2. The molecule has 1 N–H and O–H groups in total. The van der Waals surface area contributed by atoms with Crippen molar-refractivity contribution in [1.29, 1.82) is 0 Å². The Balaban J connectivity index is 1.67. The summed E-state index contributed by atoms with van der Waals surface area (Å²) in [6.07, 6.45) is 3.89. The van der Waals surface area contributed by atoms with E-state index < -0.39 is 0 Å². The Hall–Kier alpha value is -1.81. The lowest BCUT2D eigenvalue weighted by Gasteiger charge is -2.33. The lowest BCUT2D eigenvalue weighted by atomic mass is 10.0. The molecule has 1 aliphatic rings. The monoisotopic (exact) mass is 341 g/mol. The molecule has 136 valence electrons. The summed E-state index contributed by atoms with van der Waals surface area (Å²) >= 11 is 0. The predicted molar refractivity (Wildman–Crippen MR) is 104 cm³/mol. The Kier molecular flexibility index (Phi) is 5.48. The molecule has 1 amide bonds. The van der Waals surface area contributed by atoms with Crippen molar-refractivity contribution in [3.8, 4) is 0 Å². The van der Waals surface area contributed by atoms with Crippen molar-refractivity contribution >= 4 is 16.8 Å². The van der Waals surface area contributed by atoms with Gasteiger partial charge in [0.25, 0.3) is 5.91 Å². The van der Waals surface area contributed by atoms with Crippen LogP contribution in [0.25, 0.3) is 10.9 Å². The largest absolute Gasteiger partial charge is 0.351 e. The van der Waals surface area contributed by atoms with Crippen LogP contribution in [0.4, 0.5) is 0 Å². The molecule has 1 aromatic heterocycles. The van der Waals surface area contributed by atoms with Gasteiger partial charge in [-0.15, -0.1) is 0 Å². The van der Waals surface area contributed by atoms with Gasteiger partial charge in [-0.3, -0.25) is 9.69 Å². The molecule has 1 aliphatic heterocycles. The maximum absolute atomic E-state index is 12.5. The second kappa shape index (κ2) is 7.61. The number of aromatic nitrogens is 1. The van der Waals surface area contributed by atoms with Gasteiger partial charge in [-0.05, 0) is 70.8 Å². The van der Waals surface area contributed by atoms with E-state index in [2.05, 4.69) is 48.5 Å². The van der Waals surface area contributed by atoms with Crippen molar-refractivity contribution in [3.05, 3.63) is 35.0 Å². The number of nitrogens with one attached hydrogen (secondary N) is 1. The van der Waals surface area contributed by atoms with Crippen molar-refractivity contribution in [1.82, 2.24) is 14.8 Å². The van der Waals surface area contributed by atoms with Gasteiger partial charge in [-0.1, -0.05) is 6.42 Å². The Labute approximate surface area is 151 Å². The van der Waals surface area contributed by atoms with Crippen molar-refractivity contribution in [2.75, 3.05) is 19.6 Å². The van der Waals surface area contributed by atoms with Crippen LogP contribution in [0, 0.1) is 13.8 Å². The summed E-state index contributed by atoms with van der Waals surface area (Å²) < 4.78 is 2.31. The molecule has 4 heteroatoms. The van der Waals surface area contributed by atoms with Crippen molar-refractivity contribution < 1.29 is 4.79 Å². The number of carbonyl (C=O) groups excluding carboxylic acids is 1. The molecule has 1 aromatic carbocycles. The summed E-state index contributed by atoms with van der Waals surface area (Å²) in [6.45, 7) is 12.5. The topological polar surface area (TPSA) is 37.3 Å². The summed E-state index contributed by atoms with van der Waals surface area (Å²) in [6, 6.07) is 6.72. The van der Waals surface area contributed by atoms with Crippen LogP contribution in [0.5, 0.6) is 0 Å². The highest BCUT2D eigenvalue weighted by Gasteiger charge is 2.18. The van der Waals surface area contributed by atoms with Crippen LogP contribution in [-0.4, -0.2) is 41.1 Å². The van der Waals surface area contributed by atoms with Crippen LogP contribution < -0.4 is 5.32 Å². The minimum absolute atomic E-state index is 0.0351. The van der Waals surface area contributed by atoms with Gasteiger partial charge in [0.15, 0.2) is 0 Å². The van der Waals surface area contributed by atoms with E-state index in [0.717, 1.165) is 31.7 Å². The van der Waals surface area contributed by atoms with E-state index in [1.807, 2.05) is 12.1 Å². The minimum Gasteiger partial charge on any atom is -0.351 e. The van der Waals surface area contributed by atoms with Gasteiger partial charge in [0.05, 0.1) is 0 Å². The van der Waals surface area contributed by atoms with Crippen LogP contribution in [0.1, 0.15) is 54.7 Å². The first kappa shape index (κ1) is 18.0. The molecule has 0 spiro atoms. The fraction of sp³-hybridized carbons (Fsp3) is 0.571. The maximum atomic E-state index is 12.5. The van der Waals surface area contributed by atoms with Gasteiger partial charge in [0.1, 0.15) is 0 Å². The van der Waals surface area contributed by atoms with Gasteiger partial charge in [0, 0.05) is 47.8 Å². The standard InChI is InChI=1S/C21H31N3O/c1-5-24-17(4)16(3)19-14-18(9-10-20(19)24)21(25)22-11-13-23-12-7-6-8-15(23)2/h9-10,14-15H,5-8,11-13H2,1-4H3,(H,22,25)/t15-/m1/s1. The maximum Gasteiger partial charge on any atom is 0.251 e. The average molecular weight is 341 g/mol. The molecular weight excluding hydrogens is 310 g/mol. The lowest BCUT2D eigenvalue weighted by molar-refractivity contribution is 0.0938. The first-order chi connectivity index (χ1) is 12.0. The van der Waals surface area contributed by atoms with E-state index in [4.69, 9.17) is 0 Å². The van der Waals surface area contributed by atoms with Gasteiger partial charge >= 0.3 is 0 Å². The third kappa shape index (κ3) is 3.59. The normalized spacial score (nSPS) is 18.6. The number of hydrogen-bond donors (Lipinski definition) is 1. The van der Waals surface area contributed by atoms with Crippen LogP contribution in [-0.2, 0) is 6.54 Å². The fourth-order valence-corrected chi connectivity index (χ4v) is 4.10. The zero-order valence-corrected chi connectivity index (χ0v) is 16.1. The SMILES string of the molecule is CCn1c(C)c(C)c2cc(C(=O)NCCN3CCCC[C@H]3C)ccc21. The summed E-state index contributed by atoms with van der Waals surface area (Å²) in [4.78, 5) is 15.0. The third-order valence-corrected chi connectivity index (χ3v) is 5.84. The Bertz CT molecular complexity index is 762. The zero-order chi connectivity index (χ0) is 18.0. The first-order valence-electron chi connectivity index (χ1n) is 9.64. The number of carbonyl (C=O) groups is 1. The molecule has 4 nitrogen and oxygen atoms in total. The molecule has 2 aromatic rings. The highest BCUT2D eigenvalue weighted by Crippen LogP contribution is 2.26. The lowest BCUT2D eigenvalue weighted by Crippen LogP contribution is -2.42. The quantitative estimate of drug-likeness (QED) is 0.896. The summed E-state index contributed by atoms with van der Waals surface area (Å²) in [5.74, 6) is 0.0351. The molecule has 0 aliphatic carbocycles. The molecule has 0 unspecified atom stereocenters. The van der Waals surface area contributed by atoms with Gasteiger partial charge in [-0.25, -0.2) is 0 Å². The molecule has 3 rings (SSSR count). The zero-order valence-electron chi connectivity index (χ0n) is 16.1. The number of piperidine rings is 1. The van der Waals surface area contributed by atoms with Gasteiger partial charge in [-0.2, -0.15) is 0 Å². The summed E-state index contributed by atoms with van der Waals surface area (Å²) in [7, 11) is 0. The van der Waals surface area contributed by atoms with E-state index >= 15 is 0 Å². The molecular formula is C21H31N3O. The molecule has 25 heavy (non-hydrogen) atoms. The Morgan fingerprint density at radius 1 is 1.28 bits per heavy atom. The molecule has 1 fully saturated rings. The number of aryl methyl sites for hydroxylation is 2. The molecule has 2 heterocycles. The summed E-state index contributed by atoms with van der Waals surface area (Å²) in [5, 5.41) is 4.29. The first-order valence-corrected chi connectivity index (χ1v) is 9.64. The van der Waals surface area contributed by atoms with Crippen LogP contribution in [0.15, 0.2) is 18.2 Å². The second-order valence-electron chi connectivity index (χ2n) is 7.32. The van der Waals surface area contributed by atoms with Crippen LogP contribution >= 0.6 is 0 Å². The number of rotatable bonds is 5. The highest BCUT2D eigenvalue weighted by atomic mass is 16.1. The van der Waals surface area contributed by atoms with E-state index in [9.17, 15) is 4.79 Å². The number of fused-ring (bicyclic) bond motifs is 1. The van der Waals surface area contributed by atoms with Crippen molar-refractivity contribution in [2.45, 2.75) is 59.5 Å². The second-order valence-corrected chi connectivity index (χ2v) is 7.32. The Morgan fingerprint density at radius 3 is 2.80 bits per heavy atom. The van der Waals surface area contributed by atoms with Crippen molar-refractivity contribution in [3.63, 3.8) is 0 Å². The average Bonchev–Trinajstić information content (AvgIpc) is 2.86. The minimum atomic E-state index is 0.0351. The van der Waals surface area contributed by atoms with E-state index in [1.165, 1.54) is 41.4 Å². The van der Waals surface area contributed by atoms with E-state index in [-0.39, 0.29) is 5.91 Å². The van der Waals surface area contributed by atoms with Crippen molar-refractivity contribution in [2.24, 2.45) is 0 Å². The van der Waals surface area contributed by atoms with E-state index in [0.29, 0.717) is 6.04 Å². The Morgan fingerprint density at radius 2 is 2.08 bits per heavy atom. The van der Waals surface area contributed by atoms with Gasteiger partial charge in [0.2, 0.25) is 0 Å². The van der Waals surface area contributed by atoms with E-state index in [1.54, 1.807) is 0 Å². The fourth-order valence-electron chi connectivity index (χ4n) is 4.10. The third-order valence-electron chi connectivity index (χ3n) is 5.84. The number of hydrogen-bond acceptors (Lipinski definition) is 2. The molecule has 1 atom stereocenters. The number of likely N-dealkylation sites (tertiary alicyclic amines) is 1. The number of amides is 1. The van der Waals surface area contributed by atoms with Crippen LogP contribution in [0.2, 0.25) is 0 Å². The highest BCUT2D eigenvalue weighted by molar-refractivity contribution is 5.99. The smallest absolute Gasteiger partial charge is 0.251 e. The molecule has 0 radical (unpaired) electrons. The van der Waals surface area contributed by atoms with Gasteiger partial charge < -0.3 is 9.88 Å². The number of benzene rings is 1. The summed E-state index contributed by atoms with van der Waals surface area (Å²) in [5.41, 5.74) is 4.54. The molecule has 1 saturated heterocycles. The molecule has 0 bridgehead atoms. The predicted octanol–water partition coefficient (Wildman–Crippen LogP) is 3.88. The molecule has 0 saturated carbocycles. The van der Waals surface area contributed by atoms with Crippen LogP contribution in [0.3, 0.4) is 0 Å².